The van der Waals surface area contributed by atoms with Crippen LogP contribution >= 0.6 is 23.1 Å². The molecule has 0 spiro atoms. The van der Waals surface area contributed by atoms with E-state index in [9.17, 15) is 23.1 Å². The van der Waals surface area contributed by atoms with E-state index in [2.05, 4.69) is 9.97 Å². The van der Waals surface area contributed by atoms with E-state index < -0.39 is 22.9 Å². The highest BCUT2D eigenvalue weighted by atomic mass is 32.2. The summed E-state index contributed by atoms with van der Waals surface area (Å²) in [5.41, 5.74) is 3.41. The van der Waals surface area contributed by atoms with Crippen molar-refractivity contribution in [3.63, 3.8) is 0 Å². The van der Waals surface area contributed by atoms with Crippen LogP contribution in [-0.2, 0) is 5.75 Å². The fraction of sp³-hybridized carbons (Fsp3) is 0.150. The summed E-state index contributed by atoms with van der Waals surface area (Å²) in [4.78, 5) is 21.5. The van der Waals surface area contributed by atoms with Crippen LogP contribution in [0.5, 0.6) is 5.75 Å². The van der Waals surface area contributed by atoms with Crippen LogP contribution in [0.15, 0.2) is 39.7 Å². The van der Waals surface area contributed by atoms with Crippen molar-refractivity contribution in [2.45, 2.75) is 24.8 Å². The molecule has 2 heterocycles. The number of aromatic hydroxyl groups is 1. The fourth-order valence-corrected chi connectivity index (χ4v) is 4.96. The number of aryl methyl sites for hydroxylation is 2. The number of hydrogen-bond donors (Lipinski definition) is 1. The van der Waals surface area contributed by atoms with Gasteiger partial charge in [0.1, 0.15) is 10.5 Å². The minimum absolute atomic E-state index is 0.106. The molecule has 2 aromatic heterocycles. The number of rotatable bonds is 4. The van der Waals surface area contributed by atoms with Gasteiger partial charge in [-0.3, -0.25) is 9.36 Å². The molecule has 0 amide bonds. The van der Waals surface area contributed by atoms with E-state index in [4.69, 9.17) is 0 Å². The molecule has 0 aliphatic carbocycles. The molecule has 0 aliphatic rings. The molecule has 5 nitrogen and oxygen atoms in total. The number of phenols is 1. The van der Waals surface area contributed by atoms with E-state index in [0.717, 1.165) is 56.5 Å². The van der Waals surface area contributed by atoms with Crippen LogP contribution in [0.3, 0.4) is 0 Å². The van der Waals surface area contributed by atoms with Crippen molar-refractivity contribution in [2.24, 2.45) is 0 Å². The Morgan fingerprint density at radius 3 is 2.37 bits per heavy atom. The number of aromatic nitrogens is 3. The molecule has 0 saturated carbocycles. The minimum atomic E-state index is -1.19. The van der Waals surface area contributed by atoms with Gasteiger partial charge in [-0.2, -0.15) is 0 Å². The van der Waals surface area contributed by atoms with Crippen molar-refractivity contribution in [1.82, 2.24) is 14.5 Å². The summed E-state index contributed by atoms with van der Waals surface area (Å²) >= 11 is 2.23. The van der Waals surface area contributed by atoms with Crippen molar-refractivity contribution < 1.29 is 18.3 Å². The summed E-state index contributed by atoms with van der Waals surface area (Å²) in [7, 11) is 0. The van der Waals surface area contributed by atoms with Gasteiger partial charge in [0, 0.05) is 17.9 Å². The number of halogens is 3. The number of hydrogen-bond acceptors (Lipinski definition) is 6. The van der Waals surface area contributed by atoms with Crippen molar-refractivity contribution in [1.29, 1.82) is 0 Å². The molecule has 0 fully saturated rings. The topological polar surface area (TPSA) is 68.0 Å². The third-order valence-corrected chi connectivity index (χ3v) is 6.37. The predicted octanol–water partition coefficient (Wildman–Crippen LogP) is 4.87. The van der Waals surface area contributed by atoms with Crippen LogP contribution in [0.1, 0.15) is 16.7 Å². The van der Waals surface area contributed by atoms with Crippen LogP contribution in [0, 0.1) is 31.3 Å². The summed E-state index contributed by atoms with van der Waals surface area (Å²) in [5.74, 6) is -3.49. The quantitative estimate of drug-likeness (QED) is 0.356. The zero-order valence-electron chi connectivity index (χ0n) is 15.7. The van der Waals surface area contributed by atoms with Crippen LogP contribution in [-0.4, -0.2) is 19.6 Å². The second-order valence-electron chi connectivity index (χ2n) is 6.60. The Morgan fingerprint density at radius 1 is 1.10 bits per heavy atom. The molecular formula is C20H14F3N3O2S2. The van der Waals surface area contributed by atoms with Gasteiger partial charge in [0.15, 0.2) is 28.2 Å². The zero-order valence-corrected chi connectivity index (χ0v) is 17.4. The van der Waals surface area contributed by atoms with E-state index >= 15 is 0 Å². The molecule has 0 bridgehead atoms. The Bertz CT molecular complexity index is 1310. The van der Waals surface area contributed by atoms with E-state index in [1.807, 2.05) is 0 Å². The first-order chi connectivity index (χ1) is 14.3. The second-order valence-corrected chi connectivity index (χ2v) is 8.40. The first-order valence-electron chi connectivity index (χ1n) is 8.69. The molecule has 10 heteroatoms. The lowest BCUT2D eigenvalue weighted by Gasteiger charge is -2.14. The highest BCUT2D eigenvalue weighted by Gasteiger charge is 2.19. The van der Waals surface area contributed by atoms with E-state index in [1.54, 1.807) is 13.8 Å². The molecule has 0 unspecified atom stereocenters. The monoisotopic (exact) mass is 449 g/mol. The first-order valence-corrected chi connectivity index (χ1v) is 10.6. The van der Waals surface area contributed by atoms with Gasteiger partial charge in [-0.15, -0.1) is 11.3 Å². The number of fused-ring (bicyclic) bond motifs is 1. The lowest BCUT2D eigenvalue weighted by molar-refractivity contribution is 0.395. The van der Waals surface area contributed by atoms with Crippen molar-refractivity contribution >= 4 is 33.4 Å². The molecule has 2 aromatic carbocycles. The molecule has 0 atom stereocenters. The largest absolute Gasteiger partial charge is 0.503 e. The van der Waals surface area contributed by atoms with Gasteiger partial charge < -0.3 is 5.11 Å². The van der Waals surface area contributed by atoms with Gasteiger partial charge in [0.2, 0.25) is 0 Å². The predicted molar refractivity (Wildman–Crippen MR) is 110 cm³/mol. The van der Waals surface area contributed by atoms with Gasteiger partial charge in [-0.1, -0.05) is 11.8 Å². The molecule has 154 valence electrons. The maximum atomic E-state index is 14.0. The third-order valence-electron chi connectivity index (χ3n) is 4.61. The Kier molecular flexibility index (Phi) is 5.29. The summed E-state index contributed by atoms with van der Waals surface area (Å²) < 4.78 is 42.8. The highest BCUT2D eigenvalue weighted by Crippen LogP contribution is 2.30. The van der Waals surface area contributed by atoms with Gasteiger partial charge in [-0.25, -0.2) is 23.1 Å². The Hall–Kier alpha value is -2.85. The summed E-state index contributed by atoms with van der Waals surface area (Å²) in [6, 6.07) is 4.56. The molecule has 0 radical (unpaired) electrons. The molecule has 4 aromatic rings. The van der Waals surface area contributed by atoms with Crippen molar-refractivity contribution in [3.05, 3.63) is 74.3 Å². The number of thiazole rings is 1. The van der Waals surface area contributed by atoms with E-state index in [-0.39, 0.29) is 27.0 Å². The van der Waals surface area contributed by atoms with Crippen LogP contribution in [0.2, 0.25) is 0 Å². The Balaban J connectivity index is 1.86. The summed E-state index contributed by atoms with van der Waals surface area (Å²) in [5, 5.41) is 9.57. The van der Waals surface area contributed by atoms with Gasteiger partial charge in [-0.05, 0) is 42.7 Å². The van der Waals surface area contributed by atoms with Crippen LogP contribution in [0.4, 0.5) is 13.2 Å². The van der Waals surface area contributed by atoms with E-state index in [1.165, 1.54) is 17.6 Å². The lowest BCUT2D eigenvalue weighted by Crippen LogP contribution is -2.21. The molecule has 30 heavy (non-hydrogen) atoms. The smallest absolute Gasteiger partial charge is 0.278 e. The first kappa shape index (κ1) is 20.4. The van der Waals surface area contributed by atoms with Crippen molar-refractivity contribution in [2.75, 3.05) is 0 Å². The Morgan fingerprint density at radius 2 is 1.73 bits per heavy atom. The standard InChI is InChI=1S/C20H14F3N3O2S2/c1-9-3-11(21)4-10(2)13(9)7-29-20-25-18-17(30-8-24-18)19(28)26(20)12-5-14(22)16(27)15(23)6-12/h3-6,8,27H,7H2,1-2H3. The average molecular weight is 449 g/mol. The van der Waals surface area contributed by atoms with Gasteiger partial charge in [0.25, 0.3) is 5.56 Å². The summed E-state index contributed by atoms with van der Waals surface area (Å²) in [6.07, 6.45) is 0. The maximum Gasteiger partial charge on any atom is 0.278 e. The lowest BCUT2D eigenvalue weighted by atomic mass is 10.0. The fourth-order valence-electron chi connectivity index (χ4n) is 3.11. The number of nitrogens with zero attached hydrogens (tertiary/aromatic N) is 3. The SMILES string of the molecule is Cc1cc(F)cc(C)c1CSc1nc2ncsc2c(=O)n1-c1cc(F)c(O)c(F)c1. The molecule has 4 rings (SSSR count). The maximum absolute atomic E-state index is 14.0. The normalized spacial score (nSPS) is 11.4. The molecule has 0 aliphatic heterocycles. The number of phenolic OH excluding ortho intramolecular Hbond substituents is 1. The zero-order chi connectivity index (χ0) is 21.6. The van der Waals surface area contributed by atoms with Gasteiger partial charge >= 0.3 is 0 Å². The Labute approximate surface area is 176 Å². The van der Waals surface area contributed by atoms with Crippen molar-refractivity contribution in [3.8, 4) is 11.4 Å². The average Bonchev–Trinajstić information content (AvgIpc) is 3.14. The van der Waals surface area contributed by atoms with Crippen LogP contribution < -0.4 is 5.56 Å². The third kappa shape index (κ3) is 3.56. The number of thioether (sulfide) groups is 1. The molecule has 1 N–H and O–H groups in total. The van der Waals surface area contributed by atoms with Gasteiger partial charge in [0.05, 0.1) is 11.2 Å². The van der Waals surface area contributed by atoms with Crippen LogP contribution in [0.25, 0.3) is 16.0 Å². The molecule has 0 saturated heterocycles. The minimum Gasteiger partial charge on any atom is -0.503 e. The summed E-state index contributed by atoms with van der Waals surface area (Å²) in [6.45, 7) is 3.56. The highest BCUT2D eigenvalue weighted by molar-refractivity contribution is 7.98. The molecular weight excluding hydrogens is 435 g/mol. The second kappa shape index (κ2) is 7.77. The van der Waals surface area contributed by atoms with E-state index in [0.29, 0.717) is 5.75 Å². The number of benzene rings is 2.